The third kappa shape index (κ3) is 3.12. The van der Waals surface area contributed by atoms with Crippen LogP contribution in [0.2, 0.25) is 5.02 Å². The summed E-state index contributed by atoms with van der Waals surface area (Å²) in [6, 6.07) is 7.86. The van der Waals surface area contributed by atoms with Crippen LogP contribution in [0.25, 0.3) is 5.69 Å². The molecule has 122 valence electrons. The first kappa shape index (κ1) is 16.0. The van der Waals surface area contributed by atoms with Gasteiger partial charge in [-0.05, 0) is 45.0 Å². The molecule has 23 heavy (non-hydrogen) atoms. The van der Waals surface area contributed by atoms with E-state index in [1.165, 1.54) is 0 Å². The molecule has 1 N–H and O–H groups in total. The van der Waals surface area contributed by atoms with E-state index in [-0.39, 0.29) is 11.9 Å². The summed E-state index contributed by atoms with van der Waals surface area (Å²) in [4.78, 5) is 14.8. The largest absolute Gasteiger partial charge is 0.333 e. The fourth-order valence-corrected chi connectivity index (χ4v) is 3.02. The van der Waals surface area contributed by atoms with Gasteiger partial charge in [0.05, 0.1) is 16.9 Å². The van der Waals surface area contributed by atoms with E-state index < -0.39 is 0 Å². The Kier molecular flexibility index (Phi) is 4.41. The SMILES string of the molecule is Cc1nn(-c2ccc(Cl)cc2)cc1C(=O)N1CCNC(C)C1C. The lowest BCUT2D eigenvalue weighted by Gasteiger charge is -2.38. The van der Waals surface area contributed by atoms with Gasteiger partial charge < -0.3 is 10.2 Å². The maximum atomic E-state index is 12.9. The molecule has 0 bridgehead atoms. The van der Waals surface area contributed by atoms with Crippen LogP contribution in [0.4, 0.5) is 0 Å². The number of aromatic nitrogens is 2. The molecule has 3 rings (SSSR count). The normalized spacial score (nSPS) is 21.5. The molecular weight excluding hydrogens is 312 g/mol. The predicted molar refractivity (Wildman–Crippen MR) is 91.3 cm³/mol. The van der Waals surface area contributed by atoms with Crippen molar-refractivity contribution >= 4 is 17.5 Å². The van der Waals surface area contributed by atoms with Crippen LogP contribution in [0.5, 0.6) is 0 Å². The van der Waals surface area contributed by atoms with Gasteiger partial charge in [0.2, 0.25) is 0 Å². The molecule has 2 aromatic rings. The van der Waals surface area contributed by atoms with Crippen LogP contribution >= 0.6 is 11.6 Å². The standard InChI is InChI=1S/C17H21ClN4O/c1-11-13(3)21(9-8-19-11)17(23)16-10-22(20-12(16)2)15-6-4-14(18)5-7-15/h4-7,10-11,13,19H,8-9H2,1-3H3. The lowest BCUT2D eigenvalue weighted by atomic mass is 10.1. The van der Waals surface area contributed by atoms with Crippen molar-refractivity contribution in [3.05, 3.63) is 46.7 Å². The number of amides is 1. The fraction of sp³-hybridized carbons (Fsp3) is 0.412. The maximum absolute atomic E-state index is 12.9. The first-order valence-corrected chi connectivity index (χ1v) is 8.21. The van der Waals surface area contributed by atoms with Gasteiger partial charge in [0.15, 0.2) is 0 Å². The lowest BCUT2D eigenvalue weighted by Crippen LogP contribution is -2.57. The van der Waals surface area contributed by atoms with Gasteiger partial charge in [0.1, 0.15) is 0 Å². The Morgan fingerprint density at radius 2 is 2.00 bits per heavy atom. The Morgan fingerprint density at radius 3 is 2.70 bits per heavy atom. The maximum Gasteiger partial charge on any atom is 0.257 e. The Hall–Kier alpha value is -1.85. The van der Waals surface area contributed by atoms with E-state index in [4.69, 9.17) is 11.6 Å². The summed E-state index contributed by atoms with van der Waals surface area (Å²) in [5, 5.41) is 8.55. The minimum Gasteiger partial charge on any atom is -0.333 e. The first-order valence-electron chi connectivity index (χ1n) is 7.84. The molecule has 5 nitrogen and oxygen atoms in total. The van der Waals surface area contributed by atoms with Crippen molar-refractivity contribution in [3.63, 3.8) is 0 Å². The summed E-state index contributed by atoms with van der Waals surface area (Å²) in [6.07, 6.45) is 1.81. The van der Waals surface area contributed by atoms with Crippen LogP contribution in [0, 0.1) is 6.92 Å². The molecule has 1 aliphatic heterocycles. The summed E-state index contributed by atoms with van der Waals surface area (Å²) in [5.74, 6) is 0.0450. The summed E-state index contributed by atoms with van der Waals surface area (Å²) in [7, 11) is 0. The van der Waals surface area contributed by atoms with Crippen molar-refractivity contribution in [1.82, 2.24) is 20.0 Å². The number of aryl methyl sites for hydroxylation is 1. The zero-order chi connectivity index (χ0) is 16.6. The van der Waals surface area contributed by atoms with Crippen molar-refractivity contribution < 1.29 is 4.79 Å². The van der Waals surface area contributed by atoms with E-state index in [1.807, 2.05) is 36.1 Å². The molecular formula is C17H21ClN4O. The van der Waals surface area contributed by atoms with Gasteiger partial charge in [-0.15, -0.1) is 0 Å². The fourth-order valence-electron chi connectivity index (χ4n) is 2.89. The number of rotatable bonds is 2. The van der Waals surface area contributed by atoms with Gasteiger partial charge in [-0.25, -0.2) is 4.68 Å². The minimum absolute atomic E-state index is 0.0450. The van der Waals surface area contributed by atoms with Crippen LogP contribution in [0.3, 0.4) is 0 Å². The molecule has 0 aliphatic carbocycles. The van der Waals surface area contributed by atoms with Crippen molar-refractivity contribution in [3.8, 4) is 5.69 Å². The number of nitrogens with zero attached hydrogens (tertiary/aromatic N) is 3. The highest BCUT2D eigenvalue weighted by atomic mass is 35.5. The number of nitrogens with one attached hydrogen (secondary N) is 1. The van der Waals surface area contributed by atoms with E-state index in [2.05, 4.69) is 24.3 Å². The quantitative estimate of drug-likeness (QED) is 0.919. The number of carbonyl (C=O) groups is 1. The van der Waals surface area contributed by atoms with Crippen LogP contribution in [-0.2, 0) is 0 Å². The molecule has 1 fully saturated rings. The third-order valence-corrected chi connectivity index (χ3v) is 4.77. The van der Waals surface area contributed by atoms with Gasteiger partial charge >= 0.3 is 0 Å². The number of halogens is 1. The van der Waals surface area contributed by atoms with Gasteiger partial charge in [-0.1, -0.05) is 11.6 Å². The Bertz CT molecular complexity index is 710. The molecule has 1 amide bonds. The van der Waals surface area contributed by atoms with Crippen molar-refractivity contribution in [2.45, 2.75) is 32.9 Å². The van der Waals surface area contributed by atoms with Crippen molar-refractivity contribution in [2.24, 2.45) is 0 Å². The zero-order valence-electron chi connectivity index (χ0n) is 13.6. The molecule has 1 aliphatic rings. The van der Waals surface area contributed by atoms with Gasteiger partial charge in [0.25, 0.3) is 5.91 Å². The summed E-state index contributed by atoms with van der Waals surface area (Å²) < 4.78 is 1.73. The Morgan fingerprint density at radius 1 is 1.30 bits per heavy atom. The van der Waals surface area contributed by atoms with Gasteiger partial charge in [-0.2, -0.15) is 5.10 Å². The van der Waals surface area contributed by atoms with E-state index >= 15 is 0 Å². The highest BCUT2D eigenvalue weighted by Gasteiger charge is 2.30. The lowest BCUT2D eigenvalue weighted by molar-refractivity contribution is 0.0602. The predicted octanol–water partition coefficient (Wildman–Crippen LogP) is 2.66. The zero-order valence-corrected chi connectivity index (χ0v) is 14.3. The van der Waals surface area contributed by atoms with Crippen LogP contribution in [-0.4, -0.2) is 45.8 Å². The highest BCUT2D eigenvalue weighted by molar-refractivity contribution is 6.30. The molecule has 0 radical (unpaired) electrons. The van der Waals surface area contributed by atoms with E-state index in [9.17, 15) is 4.79 Å². The molecule has 2 unspecified atom stereocenters. The molecule has 6 heteroatoms. The summed E-state index contributed by atoms with van der Waals surface area (Å²) in [5.41, 5.74) is 2.28. The van der Waals surface area contributed by atoms with Crippen LogP contribution in [0.1, 0.15) is 29.9 Å². The number of hydrogen-bond donors (Lipinski definition) is 1. The topological polar surface area (TPSA) is 50.2 Å². The molecule has 2 atom stereocenters. The van der Waals surface area contributed by atoms with Gasteiger partial charge in [-0.3, -0.25) is 4.79 Å². The monoisotopic (exact) mass is 332 g/mol. The van der Waals surface area contributed by atoms with E-state index in [0.29, 0.717) is 16.6 Å². The number of hydrogen-bond acceptors (Lipinski definition) is 3. The Balaban J connectivity index is 1.88. The second-order valence-corrected chi connectivity index (χ2v) is 6.47. The highest BCUT2D eigenvalue weighted by Crippen LogP contribution is 2.19. The molecule has 0 saturated carbocycles. The molecule has 1 saturated heterocycles. The summed E-state index contributed by atoms with van der Waals surface area (Å²) >= 11 is 5.92. The average Bonchev–Trinajstić information content (AvgIpc) is 2.92. The number of piperazine rings is 1. The van der Waals surface area contributed by atoms with E-state index in [0.717, 1.165) is 24.5 Å². The Labute approximate surface area is 141 Å². The smallest absolute Gasteiger partial charge is 0.257 e. The van der Waals surface area contributed by atoms with Crippen LogP contribution < -0.4 is 5.32 Å². The van der Waals surface area contributed by atoms with E-state index in [1.54, 1.807) is 10.9 Å². The summed E-state index contributed by atoms with van der Waals surface area (Å²) in [6.45, 7) is 7.59. The molecule has 1 aromatic heterocycles. The first-order chi connectivity index (χ1) is 11.0. The third-order valence-electron chi connectivity index (χ3n) is 4.52. The molecule has 2 heterocycles. The molecule has 1 aromatic carbocycles. The molecule has 0 spiro atoms. The second kappa shape index (κ2) is 6.34. The number of benzene rings is 1. The van der Waals surface area contributed by atoms with Crippen molar-refractivity contribution in [1.29, 1.82) is 0 Å². The van der Waals surface area contributed by atoms with Crippen molar-refractivity contribution in [2.75, 3.05) is 13.1 Å². The van der Waals surface area contributed by atoms with Crippen LogP contribution in [0.15, 0.2) is 30.5 Å². The average molecular weight is 333 g/mol. The van der Waals surface area contributed by atoms with Gasteiger partial charge in [0, 0.05) is 36.4 Å². The minimum atomic E-state index is 0.0450. The second-order valence-electron chi connectivity index (χ2n) is 6.03. The number of carbonyl (C=O) groups excluding carboxylic acids is 1.